The summed E-state index contributed by atoms with van der Waals surface area (Å²) in [5.41, 5.74) is 2.13. The number of amides is 1. The van der Waals surface area contributed by atoms with Gasteiger partial charge >= 0.3 is 0 Å². The molecular formula is C24H32N4O3S. The molecule has 0 bridgehead atoms. The Labute approximate surface area is 191 Å². The zero-order valence-electron chi connectivity index (χ0n) is 18.7. The van der Waals surface area contributed by atoms with Crippen molar-refractivity contribution in [3.05, 3.63) is 59.7 Å². The number of benzene rings is 2. The average molecular weight is 457 g/mol. The first-order valence-corrected chi connectivity index (χ1v) is 12.8. The number of anilines is 1. The van der Waals surface area contributed by atoms with Gasteiger partial charge in [-0.15, -0.1) is 0 Å². The van der Waals surface area contributed by atoms with Gasteiger partial charge in [-0.05, 0) is 62.7 Å². The standard InChI is InChI=1S/C24H32N4O3S/c1-26-15-17-27(18-16-26)13-5-4-12-25-24(29)21-8-6-9-22(19-21)32(30,31)28-14-11-20-7-2-3-10-23(20)28/h2-3,6-10,19H,4-5,11-18H2,1H3,(H,25,29). The normalized spacial score (nSPS) is 17.3. The van der Waals surface area contributed by atoms with Crippen LogP contribution in [0.4, 0.5) is 5.69 Å². The predicted octanol–water partition coefficient (Wildman–Crippen LogP) is 2.20. The van der Waals surface area contributed by atoms with Crippen LogP contribution in [0.25, 0.3) is 0 Å². The smallest absolute Gasteiger partial charge is 0.264 e. The number of nitrogens with one attached hydrogen (secondary N) is 1. The summed E-state index contributed by atoms with van der Waals surface area (Å²) in [4.78, 5) is 17.6. The number of rotatable bonds is 8. The predicted molar refractivity (Wildman–Crippen MR) is 127 cm³/mol. The minimum atomic E-state index is -3.71. The number of sulfonamides is 1. The van der Waals surface area contributed by atoms with Gasteiger partial charge in [0.15, 0.2) is 0 Å². The molecule has 1 amide bonds. The number of unbranched alkanes of at least 4 members (excludes halogenated alkanes) is 1. The van der Waals surface area contributed by atoms with Crippen molar-refractivity contribution in [2.24, 2.45) is 0 Å². The Morgan fingerprint density at radius 2 is 1.75 bits per heavy atom. The number of hydrogen-bond donors (Lipinski definition) is 1. The molecule has 2 heterocycles. The fraction of sp³-hybridized carbons (Fsp3) is 0.458. The van der Waals surface area contributed by atoms with Crippen molar-refractivity contribution in [2.45, 2.75) is 24.2 Å². The van der Waals surface area contributed by atoms with E-state index in [0.29, 0.717) is 25.1 Å². The third-order valence-corrected chi connectivity index (χ3v) is 8.12. The van der Waals surface area contributed by atoms with Crippen molar-refractivity contribution in [1.29, 1.82) is 0 Å². The minimum absolute atomic E-state index is 0.150. The molecule has 2 aliphatic rings. The molecule has 2 aromatic rings. The molecule has 172 valence electrons. The van der Waals surface area contributed by atoms with Crippen LogP contribution in [0.5, 0.6) is 0 Å². The molecule has 32 heavy (non-hydrogen) atoms. The monoisotopic (exact) mass is 456 g/mol. The van der Waals surface area contributed by atoms with E-state index in [0.717, 1.165) is 56.8 Å². The lowest BCUT2D eigenvalue weighted by atomic mass is 10.2. The molecule has 0 aliphatic carbocycles. The summed E-state index contributed by atoms with van der Waals surface area (Å²) in [5.74, 6) is -0.233. The Bertz CT molecular complexity index is 1050. The summed E-state index contributed by atoms with van der Waals surface area (Å²) >= 11 is 0. The molecule has 1 fully saturated rings. The van der Waals surface area contributed by atoms with Crippen molar-refractivity contribution in [3.63, 3.8) is 0 Å². The van der Waals surface area contributed by atoms with E-state index in [4.69, 9.17) is 0 Å². The molecule has 8 heteroatoms. The molecule has 0 unspecified atom stereocenters. The molecule has 0 radical (unpaired) electrons. The summed E-state index contributed by atoms with van der Waals surface area (Å²) in [6.07, 6.45) is 2.64. The van der Waals surface area contributed by atoms with Gasteiger partial charge in [0.25, 0.3) is 15.9 Å². The van der Waals surface area contributed by atoms with Crippen LogP contribution in [-0.2, 0) is 16.4 Å². The topological polar surface area (TPSA) is 73.0 Å². The maximum absolute atomic E-state index is 13.2. The highest BCUT2D eigenvalue weighted by Gasteiger charge is 2.30. The van der Waals surface area contributed by atoms with Crippen LogP contribution in [-0.4, -0.2) is 77.0 Å². The third-order valence-electron chi connectivity index (χ3n) is 6.31. The van der Waals surface area contributed by atoms with Gasteiger partial charge in [0.05, 0.1) is 10.6 Å². The van der Waals surface area contributed by atoms with E-state index in [-0.39, 0.29) is 10.8 Å². The van der Waals surface area contributed by atoms with E-state index in [1.165, 1.54) is 10.4 Å². The highest BCUT2D eigenvalue weighted by molar-refractivity contribution is 7.92. The van der Waals surface area contributed by atoms with Crippen molar-refractivity contribution in [3.8, 4) is 0 Å². The number of para-hydroxylation sites is 1. The number of fused-ring (bicyclic) bond motifs is 1. The van der Waals surface area contributed by atoms with Crippen molar-refractivity contribution in [1.82, 2.24) is 15.1 Å². The Morgan fingerprint density at radius 1 is 0.969 bits per heavy atom. The maximum Gasteiger partial charge on any atom is 0.264 e. The van der Waals surface area contributed by atoms with Crippen LogP contribution in [0.1, 0.15) is 28.8 Å². The lowest BCUT2D eigenvalue weighted by molar-refractivity contribution is 0.0951. The molecule has 0 aromatic heterocycles. The van der Waals surface area contributed by atoms with Crippen LogP contribution in [0, 0.1) is 0 Å². The number of nitrogens with zero attached hydrogens (tertiary/aromatic N) is 3. The summed E-state index contributed by atoms with van der Waals surface area (Å²) in [6, 6.07) is 13.9. The van der Waals surface area contributed by atoms with E-state index in [1.54, 1.807) is 18.2 Å². The SMILES string of the molecule is CN1CCN(CCCCNC(=O)c2cccc(S(=O)(=O)N3CCc4ccccc43)c2)CC1. The number of piperazine rings is 1. The summed E-state index contributed by atoms with van der Waals surface area (Å²) in [7, 11) is -1.56. The lowest BCUT2D eigenvalue weighted by Crippen LogP contribution is -2.44. The molecule has 7 nitrogen and oxygen atoms in total. The minimum Gasteiger partial charge on any atom is -0.352 e. The molecule has 4 rings (SSSR count). The highest BCUT2D eigenvalue weighted by atomic mass is 32.2. The van der Waals surface area contributed by atoms with E-state index >= 15 is 0 Å². The largest absolute Gasteiger partial charge is 0.352 e. The van der Waals surface area contributed by atoms with Gasteiger partial charge in [-0.3, -0.25) is 9.10 Å². The molecule has 0 saturated carbocycles. The van der Waals surface area contributed by atoms with Crippen molar-refractivity contribution >= 4 is 21.6 Å². The first-order valence-electron chi connectivity index (χ1n) is 11.3. The average Bonchev–Trinajstić information content (AvgIpc) is 3.25. The van der Waals surface area contributed by atoms with Gasteiger partial charge in [-0.2, -0.15) is 0 Å². The van der Waals surface area contributed by atoms with E-state index in [2.05, 4.69) is 22.2 Å². The van der Waals surface area contributed by atoms with E-state index < -0.39 is 10.0 Å². The number of carbonyl (C=O) groups is 1. The third kappa shape index (κ3) is 5.14. The van der Waals surface area contributed by atoms with Crippen LogP contribution in [0.2, 0.25) is 0 Å². The number of hydrogen-bond acceptors (Lipinski definition) is 5. The van der Waals surface area contributed by atoms with Gasteiger partial charge in [-0.1, -0.05) is 24.3 Å². The molecule has 0 spiro atoms. The Hall–Kier alpha value is -2.42. The van der Waals surface area contributed by atoms with E-state index in [1.807, 2.05) is 24.3 Å². The number of carbonyl (C=O) groups excluding carboxylic acids is 1. The lowest BCUT2D eigenvalue weighted by Gasteiger charge is -2.32. The quantitative estimate of drug-likeness (QED) is 0.617. The second-order valence-corrected chi connectivity index (χ2v) is 10.5. The summed E-state index contributed by atoms with van der Waals surface area (Å²) in [6.45, 7) is 6.48. The Balaban J connectivity index is 1.31. The molecule has 1 N–H and O–H groups in total. The molecule has 0 atom stereocenters. The van der Waals surface area contributed by atoms with Gasteiger partial charge < -0.3 is 15.1 Å². The fourth-order valence-corrected chi connectivity index (χ4v) is 5.87. The zero-order chi connectivity index (χ0) is 22.6. The zero-order valence-corrected chi connectivity index (χ0v) is 19.5. The number of likely N-dealkylation sites (N-methyl/N-ethyl adjacent to an activating group) is 1. The molecule has 2 aliphatic heterocycles. The highest BCUT2D eigenvalue weighted by Crippen LogP contribution is 2.32. The first-order chi connectivity index (χ1) is 15.4. The van der Waals surface area contributed by atoms with Crippen LogP contribution >= 0.6 is 0 Å². The van der Waals surface area contributed by atoms with Crippen molar-refractivity contribution in [2.75, 3.05) is 57.2 Å². The second kappa shape index (κ2) is 10.0. The summed E-state index contributed by atoms with van der Waals surface area (Å²) in [5, 5.41) is 2.93. The van der Waals surface area contributed by atoms with E-state index in [9.17, 15) is 13.2 Å². The van der Waals surface area contributed by atoms with Gasteiger partial charge in [0, 0.05) is 44.8 Å². The van der Waals surface area contributed by atoms with Gasteiger partial charge in [0.1, 0.15) is 0 Å². The molecular weight excluding hydrogens is 424 g/mol. The van der Waals surface area contributed by atoms with Crippen LogP contribution in [0.3, 0.4) is 0 Å². The first kappa shape index (κ1) is 22.8. The van der Waals surface area contributed by atoms with Crippen LogP contribution in [0.15, 0.2) is 53.4 Å². The van der Waals surface area contributed by atoms with Gasteiger partial charge in [0.2, 0.25) is 0 Å². The van der Waals surface area contributed by atoms with Crippen LogP contribution < -0.4 is 9.62 Å². The second-order valence-electron chi connectivity index (χ2n) is 8.59. The van der Waals surface area contributed by atoms with Gasteiger partial charge in [-0.25, -0.2) is 8.42 Å². The maximum atomic E-state index is 13.2. The Kier molecular flexibility index (Phi) is 7.13. The molecule has 2 aromatic carbocycles. The Morgan fingerprint density at radius 3 is 2.56 bits per heavy atom. The molecule has 1 saturated heterocycles. The fourth-order valence-electron chi connectivity index (χ4n) is 4.32. The van der Waals surface area contributed by atoms with Crippen molar-refractivity contribution < 1.29 is 13.2 Å². The summed E-state index contributed by atoms with van der Waals surface area (Å²) < 4.78 is 27.9.